The predicted molar refractivity (Wildman–Crippen MR) is 221 cm³/mol. The highest BCUT2D eigenvalue weighted by molar-refractivity contribution is 5.79. The van der Waals surface area contributed by atoms with Gasteiger partial charge in [-0.25, -0.2) is 4.98 Å². The SMILES string of the molecule is N#Cc1ccc(-c2ccc(C34CC5CC(C3)CC(c3ccc(-c6cccc(-c7cc(-c8ccccc8)nc(-c8ccccc8)c7)c6)cc3)(C5)C4)cc2)cc1. The maximum atomic E-state index is 9.23. The van der Waals surface area contributed by atoms with Crippen LogP contribution in [0.1, 0.15) is 55.2 Å². The molecule has 0 aliphatic heterocycles. The van der Waals surface area contributed by atoms with Crippen LogP contribution in [-0.4, -0.2) is 4.98 Å². The molecule has 0 spiro atoms. The summed E-state index contributed by atoms with van der Waals surface area (Å²) in [5.41, 5.74) is 15.7. The Hall–Kier alpha value is -6.04. The van der Waals surface area contributed by atoms with Crippen LogP contribution in [0.4, 0.5) is 0 Å². The van der Waals surface area contributed by atoms with Gasteiger partial charge in [-0.05, 0) is 136 Å². The normalized spacial score (nSPS) is 22.5. The Morgan fingerprint density at radius 3 is 1.33 bits per heavy atom. The van der Waals surface area contributed by atoms with E-state index in [0.717, 1.165) is 34.4 Å². The van der Waals surface area contributed by atoms with Gasteiger partial charge in [0.1, 0.15) is 0 Å². The van der Waals surface area contributed by atoms with Gasteiger partial charge >= 0.3 is 0 Å². The van der Waals surface area contributed by atoms with E-state index in [1.807, 2.05) is 12.1 Å². The molecule has 0 amide bonds. The third-order valence-corrected chi connectivity index (χ3v) is 12.9. The van der Waals surface area contributed by atoms with Gasteiger partial charge in [0.25, 0.3) is 0 Å². The van der Waals surface area contributed by atoms with Crippen LogP contribution in [0.15, 0.2) is 170 Å². The molecular weight excluding hydrogens is 653 g/mol. The fourth-order valence-electron chi connectivity index (χ4n) is 10.8. The zero-order valence-electron chi connectivity index (χ0n) is 30.5. The van der Waals surface area contributed by atoms with E-state index < -0.39 is 0 Å². The molecule has 1 aromatic heterocycles. The molecule has 54 heavy (non-hydrogen) atoms. The van der Waals surface area contributed by atoms with Crippen LogP contribution in [0.2, 0.25) is 0 Å². The number of hydrogen-bond acceptors (Lipinski definition) is 2. The van der Waals surface area contributed by atoms with Crippen LogP contribution in [-0.2, 0) is 10.8 Å². The molecule has 4 saturated carbocycles. The fraction of sp³-hybridized carbons (Fsp3) is 0.192. The molecule has 11 rings (SSSR count). The molecule has 6 aromatic carbocycles. The standard InChI is InChI=1S/C52H42N2/c53-34-36-14-16-39(17-15-36)40-18-22-47(23-19-40)51-30-37-26-38(31-51)33-52(32-37,35-51)48-24-20-41(21-25-48)44-12-7-13-45(27-44)46-28-49(42-8-3-1-4-9-42)54-50(29-46)43-10-5-2-6-11-43/h1-25,27-29,37-38H,26,30-33,35H2. The van der Waals surface area contributed by atoms with Crippen molar-refractivity contribution in [3.05, 3.63) is 187 Å². The molecule has 2 atom stereocenters. The van der Waals surface area contributed by atoms with Crippen molar-refractivity contribution in [2.75, 3.05) is 0 Å². The van der Waals surface area contributed by atoms with Crippen molar-refractivity contribution in [2.24, 2.45) is 11.8 Å². The Morgan fingerprint density at radius 1 is 0.426 bits per heavy atom. The summed E-state index contributed by atoms with van der Waals surface area (Å²) in [5.74, 6) is 1.59. The average molecular weight is 695 g/mol. The smallest absolute Gasteiger partial charge is 0.0991 e. The van der Waals surface area contributed by atoms with E-state index in [4.69, 9.17) is 4.98 Å². The van der Waals surface area contributed by atoms with Crippen LogP contribution in [0.3, 0.4) is 0 Å². The molecule has 0 saturated heterocycles. The van der Waals surface area contributed by atoms with Gasteiger partial charge in [-0.2, -0.15) is 5.26 Å². The second-order valence-electron chi connectivity index (χ2n) is 16.3. The van der Waals surface area contributed by atoms with Crippen molar-refractivity contribution in [3.8, 4) is 62.0 Å². The number of rotatable bonds is 7. The van der Waals surface area contributed by atoms with E-state index in [0.29, 0.717) is 5.56 Å². The summed E-state index contributed by atoms with van der Waals surface area (Å²) in [7, 11) is 0. The monoisotopic (exact) mass is 694 g/mol. The van der Waals surface area contributed by atoms with Crippen molar-refractivity contribution in [2.45, 2.75) is 49.4 Å². The molecule has 4 fully saturated rings. The van der Waals surface area contributed by atoms with Crippen molar-refractivity contribution in [1.29, 1.82) is 5.26 Å². The van der Waals surface area contributed by atoms with E-state index in [9.17, 15) is 5.26 Å². The van der Waals surface area contributed by atoms with E-state index in [1.165, 1.54) is 83.0 Å². The first-order valence-corrected chi connectivity index (χ1v) is 19.5. The van der Waals surface area contributed by atoms with E-state index >= 15 is 0 Å². The molecule has 4 aliphatic carbocycles. The Kier molecular flexibility index (Phi) is 7.92. The van der Waals surface area contributed by atoms with Crippen molar-refractivity contribution < 1.29 is 0 Å². The van der Waals surface area contributed by atoms with Gasteiger partial charge < -0.3 is 0 Å². The van der Waals surface area contributed by atoms with E-state index in [-0.39, 0.29) is 10.8 Å². The Morgan fingerprint density at radius 2 is 0.852 bits per heavy atom. The molecule has 7 aromatic rings. The molecule has 0 radical (unpaired) electrons. The molecule has 2 unspecified atom stereocenters. The minimum Gasteiger partial charge on any atom is -0.248 e. The molecule has 2 nitrogen and oxygen atoms in total. The number of nitrogens with zero attached hydrogens (tertiary/aromatic N) is 2. The van der Waals surface area contributed by atoms with E-state index in [1.54, 1.807) is 0 Å². The first-order valence-electron chi connectivity index (χ1n) is 19.5. The minimum atomic E-state index is 0.245. The maximum absolute atomic E-state index is 9.23. The van der Waals surface area contributed by atoms with Gasteiger partial charge in [-0.3, -0.25) is 0 Å². The summed E-state index contributed by atoms with van der Waals surface area (Å²) in [6.45, 7) is 0. The number of pyridine rings is 1. The lowest BCUT2D eigenvalue weighted by molar-refractivity contribution is -0.0281. The lowest BCUT2D eigenvalue weighted by Gasteiger charge is -2.63. The lowest BCUT2D eigenvalue weighted by atomic mass is 9.41. The van der Waals surface area contributed by atoms with Crippen LogP contribution in [0.5, 0.6) is 0 Å². The lowest BCUT2D eigenvalue weighted by Crippen LogP contribution is -2.55. The summed E-state index contributed by atoms with van der Waals surface area (Å²) in [5, 5.41) is 9.23. The molecule has 4 aliphatic rings. The topological polar surface area (TPSA) is 36.7 Å². The van der Waals surface area contributed by atoms with Crippen molar-refractivity contribution in [3.63, 3.8) is 0 Å². The molecule has 2 heteroatoms. The van der Waals surface area contributed by atoms with Gasteiger partial charge in [0.05, 0.1) is 23.0 Å². The third-order valence-electron chi connectivity index (χ3n) is 12.9. The third kappa shape index (κ3) is 5.86. The Labute approximate surface area is 318 Å². The number of aromatic nitrogens is 1. The minimum absolute atomic E-state index is 0.245. The van der Waals surface area contributed by atoms with Gasteiger partial charge in [0.2, 0.25) is 0 Å². The zero-order chi connectivity index (χ0) is 36.1. The van der Waals surface area contributed by atoms with Crippen molar-refractivity contribution in [1.82, 2.24) is 4.98 Å². The highest BCUT2D eigenvalue weighted by Crippen LogP contribution is 2.66. The highest BCUT2D eigenvalue weighted by Gasteiger charge is 2.58. The first-order chi connectivity index (χ1) is 26.5. The maximum Gasteiger partial charge on any atom is 0.0991 e. The number of nitriles is 1. The Balaban J connectivity index is 0.943. The molecule has 260 valence electrons. The van der Waals surface area contributed by atoms with Gasteiger partial charge in [0, 0.05) is 11.1 Å². The van der Waals surface area contributed by atoms with Gasteiger partial charge in [0.15, 0.2) is 0 Å². The largest absolute Gasteiger partial charge is 0.248 e. The summed E-state index contributed by atoms with van der Waals surface area (Å²) >= 11 is 0. The van der Waals surface area contributed by atoms with Crippen LogP contribution < -0.4 is 0 Å². The predicted octanol–water partition coefficient (Wildman–Crippen LogP) is 13.1. The Bertz CT molecular complexity index is 2420. The van der Waals surface area contributed by atoms with E-state index in [2.05, 4.69) is 164 Å². The zero-order valence-corrected chi connectivity index (χ0v) is 30.5. The quantitative estimate of drug-likeness (QED) is 0.167. The summed E-state index contributed by atoms with van der Waals surface area (Å²) in [6, 6.07) is 63.8. The van der Waals surface area contributed by atoms with Gasteiger partial charge in [-0.15, -0.1) is 0 Å². The summed E-state index contributed by atoms with van der Waals surface area (Å²) in [4.78, 5) is 5.10. The second kappa shape index (κ2) is 13.1. The fourth-order valence-corrected chi connectivity index (χ4v) is 10.8. The number of benzene rings is 6. The molecule has 1 heterocycles. The highest BCUT2D eigenvalue weighted by atomic mass is 14.7. The second-order valence-corrected chi connectivity index (χ2v) is 16.3. The molecule has 4 bridgehead atoms. The van der Waals surface area contributed by atoms with Gasteiger partial charge in [-0.1, -0.05) is 140 Å². The van der Waals surface area contributed by atoms with Crippen LogP contribution in [0, 0.1) is 23.2 Å². The first kappa shape index (κ1) is 32.6. The van der Waals surface area contributed by atoms with Crippen molar-refractivity contribution >= 4 is 0 Å². The summed E-state index contributed by atoms with van der Waals surface area (Å²) in [6.07, 6.45) is 7.91. The summed E-state index contributed by atoms with van der Waals surface area (Å²) < 4.78 is 0. The molecular formula is C52H42N2. The van der Waals surface area contributed by atoms with Crippen LogP contribution >= 0.6 is 0 Å². The molecule has 0 N–H and O–H groups in total. The van der Waals surface area contributed by atoms with Crippen LogP contribution in [0.25, 0.3) is 55.9 Å². The average Bonchev–Trinajstić information content (AvgIpc) is 3.24. The number of hydrogen-bond donors (Lipinski definition) is 0.